The van der Waals surface area contributed by atoms with Gasteiger partial charge >= 0.3 is 0 Å². The van der Waals surface area contributed by atoms with E-state index in [9.17, 15) is 0 Å². The van der Waals surface area contributed by atoms with Crippen LogP contribution in [-0.2, 0) is 6.42 Å². The fourth-order valence-electron chi connectivity index (χ4n) is 7.49. The number of benzene rings is 1. The number of hydrogen-bond acceptors (Lipinski definition) is 1. The summed E-state index contributed by atoms with van der Waals surface area (Å²) in [6.07, 6.45) is 31.1. The molecule has 0 amide bonds. The SMILES string of the molecule is C/C=C/C=C(\C=C/CCCCSCCCCC)C(c1ccc(CC)cc1)C1CC(C)CCC1C1CCC(C)CC1. The van der Waals surface area contributed by atoms with Gasteiger partial charge in [-0.1, -0.05) is 114 Å². The van der Waals surface area contributed by atoms with Crippen molar-refractivity contribution in [2.24, 2.45) is 29.6 Å². The van der Waals surface area contributed by atoms with E-state index < -0.39 is 0 Å². The predicted molar refractivity (Wildman–Crippen MR) is 182 cm³/mol. The summed E-state index contributed by atoms with van der Waals surface area (Å²) >= 11 is 2.16. The van der Waals surface area contributed by atoms with Crippen LogP contribution in [0.15, 0.2) is 60.2 Å². The second-order valence-electron chi connectivity index (χ2n) is 13.2. The Kier molecular flexibility index (Phi) is 15.9. The van der Waals surface area contributed by atoms with Gasteiger partial charge in [-0.3, -0.25) is 0 Å². The molecule has 0 N–H and O–H groups in total. The van der Waals surface area contributed by atoms with Crippen LogP contribution in [-0.4, -0.2) is 11.5 Å². The third kappa shape index (κ3) is 10.9. The van der Waals surface area contributed by atoms with Gasteiger partial charge in [-0.05, 0) is 123 Å². The Balaban J connectivity index is 1.81. The number of aryl methyl sites for hydroxylation is 1. The summed E-state index contributed by atoms with van der Waals surface area (Å²) in [5.41, 5.74) is 4.55. The Labute approximate surface area is 254 Å². The number of allylic oxidation sites excluding steroid dienone is 6. The van der Waals surface area contributed by atoms with Crippen LogP contribution in [0, 0.1) is 29.6 Å². The first-order chi connectivity index (χ1) is 19.6. The third-order valence-corrected chi connectivity index (χ3v) is 11.2. The maximum atomic E-state index is 2.53. The molecule has 1 heteroatoms. The summed E-state index contributed by atoms with van der Waals surface area (Å²) in [6, 6.07) is 9.77. The van der Waals surface area contributed by atoms with Crippen LogP contribution in [0.4, 0.5) is 0 Å². The zero-order chi connectivity index (χ0) is 28.6. The van der Waals surface area contributed by atoms with Gasteiger partial charge in [0.15, 0.2) is 0 Å². The molecule has 1 aromatic rings. The highest BCUT2D eigenvalue weighted by atomic mass is 32.2. The van der Waals surface area contributed by atoms with E-state index in [4.69, 9.17) is 0 Å². The second kappa shape index (κ2) is 19.1. The van der Waals surface area contributed by atoms with E-state index in [2.05, 4.69) is 101 Å². The van der Waals surface area contributed by atoms with Crippen LogP contribution in [0.25, 0.3) is 0 Å². The average Bonchev–Trinajstić information content (AvgIpc) is 2.97. The normalized spacial score (nSPS) is 27.0. The van der Waals surface area contributed by atoms with Gasteiger partial charge in [0.25, 0.3) is 0 Å². The van der Waals surface area contributed by atoms with E-state index in [-0.39, 0.29) is 0 Å². The Morgan fingerprint density at radius 1 is 0.875 bits per heavy atom. The van der Waals surface area contributed by atoms with Crippen molar-refractivity contribution in [2.45, 2.75) is 130 Å². The molecule has 4 unspecified atom stereocenters. The highest BCUT2D eigenvalue weighted by Gasteiger charge is 2.40. The lowest BCUT2D eigenvalue weighted by molar-refractivity contribution is 0.0841. The fraction of sp³-hybridized carbons (Fsp3) is 0.692. The summed E-state index contributed by atoms with van der Waals surface area (Å²) in [4.78, 5) is 0. The number of unbranched alkanes of at least 4 members (excludes halogenated alkanes) is 4. The van der Waals surface area contributed by atoms with Crippen LogP contribution in [0.1, 0.15) is 135 Å². The van der Waals surface area contributed by atoms with E-state index in [1.54, 1.807) is 11.1 Å². The Bertz CT molecular complexity index is 882. The predicted octanol–water partition coefficient (Wildman–Crippen LogP) is 12.4. The Hall–Kier alpha value is -1.21. The fourth-order valence-corrected chi connectivity index (χ4v) is 8.51. The molecule has 0 aromatic heterocycles. The maximum Gasteiger partial charge on any atom is 0.0120 e. The molecule has 2 aliphatic carbocycles. The molecule has 0 aliphatic heterocycles. The molecule has 0 bridgehead atoms. The Morgan fingerprint density at radius 3 is 2.25 bits per heavy atom. The summed E-state index contributed by atoms with van der Waals surface area (Å²) < 4.78 is 0. The first-order valence-corrected chi connectivity index (χ1v) is 18.4. The number of thioether (sulfide) groups is 1. The van der Waals surface area contributed by atoms with Gasteiger partial charge in [0.05, 0.1) is 0 Å². The van der Waals surface area contributed by atoms with Crippen molar-refractivity contribution in [2.75, 3.05) is 11.5 Å². The maximum absolute atomic E-state index is 2.53. The molecule has 4 atom stereocenters. The van der Waals surface area contributed by atoms with Crippen LogP contribution in [0.5, 0.6) is 0 Å². The van der Waals surface area contributed by atoms with E-state index in [1.165, 1.54) is 101 Å². The molecule has 0 nitrogen and oxygen atoms in total. The van der Waals surface area contributed by atoms with Crippen molar-refractivity contribution in [1.29, 1.82) is 0 Å². The lowest BCUT2D eigenvalue weighted by Crippen LogP contribution is -2.35. The minimum absolute atomic E-state index is 0.500. The van der Waals surface area contributed by atoms with E-state index in [0.29, 0.717) is 5.92 Å². The van der Waals surface area contributed by atoms with Gasteiger partial charge in [0.2, 0.25) is 0 Å². The molecule has 224 valence electrons. The van der Waals surface area contributed by atoms with Crippen molar-refractivity contribution >= 4 is 11.8 Å². The quantitative estimate of drug-likeness (QED) is 0.143. The molecule has 0 spiro atoms. The van der Waals surface area contributed by atoms with Crippen molar-refractivity contribution < 1.29 is 0 Å². The van der Waals surface area contributed by atoms with Crippen LogP contribution in [0.2, 0.25) is 0 Å². The first kappa shape index (κ1) is 33.3. The molecular weight excluding hydrogens is 500 g/mol. The molecule has 2 fully saturated rings. The molecule has 1 aromatic carbocycles. The minimum Gasteiger partial charge on any atom is -0.162 e. The van der Waals surface area contributed by atoms with Gasteiger partial charge in [-0.25, -0.2) is 0 Å². The molecule has 2 aliphatic rings. The summed E-state index contributed by atoms with van der Waals surface area (Å²) in [6.45, 7) is 11.7. The van der Waals surface area contributed by atoms with Gasteiger partial charge in [0.1, 0.15) is 0 Å². The smallest absolute Gasteiger partial charge is 0.0120 e. The van der Waals surface area contributed by atoms with E-state index >= 15 is 0 Å². The minimum atomic E-state index is 0.500. The monoisotopic (exact) mass is 562 g/mol. The van der Waals surface area contributed by atoms with Crippen molar-refractivity contribution in [1.82, 2.24) is 0 Å². The van der Waals surface area contributed by atoms with Crippen LogP contribution in [0.3, 0.4) is 0 Å². The first-order valence-electron chi connectivity index (χ1n) is 17.2. The highest BCUT2D eigenvalue weighted by molar-refractivity contribution is 7.99. The molecule has 0 radical (unpaired) electrons. The summed E-state index contributed by atoms with van der Waals surface area (Å²) in [7, 11) is 0. The number of hydrogen-bond donors (Lipinski definition) is 0. The average molecular weight is 563 g/mol. The molecule has 3 rings (SSSR count). The van der Waals surface area contributed by atoms with E-state index in [1.807, 2.05) is 0 Å². The standard InChI is InChI=1S/C39H62S/c1-6-9-14-28-40-29-15-12-11-13-17-35(16-10-7-2)39(36-25-21-33(8-3)22-26-36)38-30-32(5)20-27-37(38)34-23-18-31(4)19-24-34/h7,10,13,16-17,21-22,25-26,31-32,34,37-39H,6,8-9,11-12,14-15,18-20,23-24,27-30H2,1-5H3/b10-7+,17-13-,35-16+. The van der Waals surface area contributed by atoms with Crippen molar-refractivity contribution in [3.05, 3.63) is 71.3 Å². The Morgan fingerprint density at radius 2 is 1.57 bits per heavy atom. The second-order valence-corrected chi connectivity index (χ2v) is 14.5. The summed E-state index contributed by atoms with van der Waals surface area (Å²) in [5.74, 6) is 7.47. The molecule has 2 saturated carbocycles. The number of rotatable bonds is 16. The van der Waals surface area contributed by atoms with Crippen molar-refractivity contribution in [3.63, 3.8) is 0 Å². The highest BCUT2D eigenvalue weighted by Crippen LogP contribution is 2.51. The van der Waals surface area contributed by atoms with Gasteiger partial charge < -0.3 is 0 Å². The molecule has 0 saturated heterocycles. The third-order valence-electron chi connectivity index (χ3n) is 10.0. The molecule has 0 heterocycles. The topological polar surface area (TPSA) is 0 Å². The summed E-state index contributed by atoms with van der Waals surface area (Å²) in [5, 5.41) is 0. The van der Waals surface area contributed by atoms with Gasteiger partial charge in [-0.2, -0.15) is 11.8 Å². The van der Waals surface area contributed by atoms with Gasteiger partial charge in [0, 0.05) is 5.92 Å². The largest absolute Gasteiger partial charge is 0.162 e. The molecule has 40 heavy (non-hydrogen) atoms. The van der Waals surface area contributed by atoms with Crippen LogP contribution >= 0.6 is 11.8 Å². The lowest BCUT2D eigenvalue weighted by Gasteiger charge is -2.46. The van der Waals surface area contributed by atoms with Crippen LogP contribution < -0.4 is 0 Å². The molecular formula is C39H62S. The zero-order valence-corrected chi connectivity index (χ0v) is 27.7. The lowest BCUT2D eigenvalue weighted by atomic mass is 9.59. The van der Waals surface area contributed by atoms with Gasteiger partial charge in [-0.15, -0.1) is 0 Å². The van der Waals surface area contributed by atoms with E-state index in [0.717, 1.165) is 36.0 Å². The zero-order valence-electron chi connectivity index (χ0n) is 26.9. The van der Waals surface area contributed by atoms with Crippen molar-refractivity contribution in [3.8, 4) is 0 Å².